The summed E-state index contributed by atoms with van der Waals surface area (Å²) in [4.78, 5) is 22.9. The van der Waals surface area contributed by atoms with E-state index in [9.17, 15) is 19.4 Å². The van der Waals surface area contributed by atoms with Crippen molar-refractivity contribution in [2.24, 2.45) is 5.73 Å². The maximum absolute atomic E-state index is 12.9. The van der Waals surface area contributed by atoms with Crippen molar-refractivity contribution < 1.29 is 28.4 Å². The zero-order valence-electron chi connectivity index (χ0n) is 44.5. The predicted molar refractivity (Wildman–Crippen MR) is 286 cm³/mol. The quantitative estimate of drug-likeness (QED) is 0.0353. The van der Waals surface area contributed by atoms with Crippen molar-refractivity contribution in [3.05, 3.63) is 0 Å². The molecule has 1 amide bonds. The monoisotopic (exact) mass is 957 g/mol. The fourth-order valence-corrected chi connectivity index (χ4v) is 10.3. The van der Waals surface area contributed by atoms with E-state index in [0.717, 1.165) is 38.5 Å². The molecule has 0 rings (SSSR count). The highest BCUT2D eigenvalue weighted by molar-refractivity contribution is 7.47. The largest absolute Gasteiger partial charge is 0.472 e. The van der Waals surface area contributed by atoms with Gasteiger partial charge in [0.15, 0.2) is 0 Å². The second kappa shape index (κ2) is 53.8. The number of nitrogens with one attached hydrogen (secondary N) is 1. The molecule has 0 saturated carbocycles. The minimum absolute atomic E-state index is 0.0929. The van der Waals surface area contributed by atoms with Crippen LogP contribution in [0.15, 0.2) is 0 Å². The molecule has 0 bridgehead atoms. The summed E-state index contributed by atoms with van der Waals surface area (Å²) in [6.45, 7) is 4.27. The first-order valence-corrected chi connectivity index (χ1v) is 31.1. The van der Waals surface area contributed by atoms with Gasteiger partial charge in [-0.3, -0.25) is 13.8 Å². The van der Waals surface area contributed by atoms with Gasteiger partial charge in [-0.05, 0) is 12.8 Å². The molecule has 0 aliphatic rings. The van der Waals surface area contributed by atoms with Gasteiger partial charge in [-0.1, -0.05) is 309 Å². The number of rotatable bonds is 57. The molecular formula is C57H117N2O6P. The minimum Gasteiger partial charge on any atom is -0.391 e. The number of carbonyl (C=O) groups excluding carboxylic acids is 1. The van der Waals surface area contributed by atoms with Crippen LogP contribution in [0.25, 0.3) is 0 Å². The molecule has 1 unspecified atom stereocenters. The van der Waals surface area contributed by atoms with Crippen molar-refractivity contribution in [2.45, 2.75) is 341 Å². The Morgan fingerprint density at radius 1 is 0.439 bits per heavy atom. The third-order valence-corrected chi connectivity index (χ3v) is 14.9. The van der Waals surface area contributed by atoms with Gasteiger partial charge in [-0.2, -0.15) is 0 Å². The second-order valence-electron chi connectivity index (χ2n) is 20.6. The van der Waals surface area contributed by atoms with E-state index in [1.807, 2.05) is 0 Å². The lowest BCUT2D eigenvalue weighted by Crippen LogP contribution is -2.46. The molecule has 0 aromatic rings. The normalized spacial score (nSPS) is 13.6. The van der Waals surface area contributed by atoms with E-state index in [4.69, 9.17) is 14.8 Å². The molecule has 0 aromatic carbocycles. The fourth-order valence-electron chi connectivity index (χ4n) is 9.50. The van der Waals surface area contributed by atoms with Crippen molar-refractivity contribution in [2.75, 3.05) is 19.8 Å². The van der Waals surface area contributed by atoms with E-state index in [1.54, 1.807) is 0 Å². The average Bonchev–Trinajstić information content (AvgIpc) is 3.31. The number of aliphatic hydroxyl groups is 1. The van der Waals surface area contributed by atoms with E-state index in [2.05, 4.69) is 19.2 Å². The highest BCUT2D eigenvalue weighted by Gasteiger charge is 2.27. The van der Waals surface area contributed by atoms with E-state index in [1.165, 1.54) is 263 Å². The molecule has 0 spiro atoms. The Morgan fingerprint density at radius 3 is 0.970 bits per heavy atom. The Bertz CT molecular complexity index is 1000. The standard InChI is InChI=1S/C57H117N2O6P/c1-3-5-7-9-11-13-15-17-19-20-21-22-23-24-25-26-27-28-29-30-31-32-33-34-35-37-39-41-43-45-47-49-51-57(61)59-55(54-65-66(62,63)64-53-52-58)56(60)50-48-46-44-42-40-38-36-18-16-14-12-10-8-6-4-2/h55-56,60H,3-54,58H2,1-2H3,(H,59,61)(H,62,63)/t55-,56+/m0/s1. The number of hydrogen-bond acceptors (Lipinski definition) is 6. The van der Waals surface area contributed by atoms with Crippen LogP contribution < -0.4 is 11.1 Å². The predicted octanol–water partition coefficient (Wildman–Crippen LogP) is 18.1. The van der Waals surface area contributed by atoms with Gasteiger partial charge in [0.25, 0.3) is 0 Å². The Hall–Kier alpha value is -0.500. The topological polar surface area (TPSA) is 131 Å². The molecule has 396 valence electrons. The fraction of sp³-hybridized carbons (Fsp3) is 0.982. The number of nitrogens with two attached hydrogens (primary N) is 1. The summed E-state index contributed by atoms with van der Waals surface area (Å²) in [5.74, 6) is -0.152. The van der Waals surface area contributed by atoms with Crippen LogP contribution in [0.4, 0.5) is 0 Å². The zero-order chi connectivity index (χ0) is 48.1. The van der Waals surface area contributed by atoms with Gasteiger partial charge >= 0.3 is 7.82 Å². The molecular weight excluding hydrogens is 840 g/mol. The summed E-state index contributed by atoms with van der Waals surface area (Å²) in [5.41, 5.74) is 5.41. The number of amides is 1. The Morgan fingerprint density at radius 2 is 0.697 bits per heavy atom. The first-order chi connectivity index (χ1) is 32.4. The van der Waals surface area contributed by atoms with Crippen molar-refractivity contribution in [3.63, 3.8) is 0 Å². The Labute approximate surface area is 412 Å². The van der Waals surface area contributed by atoms with Gasteiger partial charge in [-0.25, -0.2) is 4.57 Å². The van der Waals surface area contributed by atoms with Crippen LogP contribution in [0.5, 0.6) is 0 Å². The van der Waals surface area contributed by atoms with E-state index >= 15 is 0 Å². The lowest BCUT2D eigenvalue weighted by Gasteiger charge is -2.25. The molecule has 0 aliphatic heterocycles. The van der Waals surface area contributed by atoms with Crippen LogP contribution in [-0.4, -0.2) is 47.8 Å². The number of unbranched alkanes of at least 4 members (excludes halogenated alkanes) is 45. The van der Waals surface area contributed by atoms with Gasteiger partial charge < -0.3 is 21.1 Å². The van der Waals surface area contributed by atoms with E-state index < -0.39 is 20.0 Å². The van der Waals surface area contributed by atoms with Gasteiger partial charge in [-0.15, -0.1) is 0 Å². The number of phosphoric ester groups is 1. The van der Waals surface area contributed by atoms with Crippen LogP contribution in [-0.2, 0) is 18.4 Å². The summed E-state index contributed by atoms with van der Waals surface area (Å²) < 4.78 is 22.3. The summed E-state index contributed by atoms with van der Waals surface area (Å²) in [6, 6.07) is -0.769. The number of carbonyl (C=O) groups is 1. The first-order valence-electron chi connectivity index (χ1n) is 29.7. The number of aliphatic hydroxyl groups excluding tert-OH is 1. The summed E-state index contributed by atoms with van der Waals surface area (Å²) in [5, 5.41) is 13.9. The SMILES string of the molecule is CCCCCCCCCCCCCCCCCCCCCCCCCCCCCCCCCCC(=O)N[C@@H](COP(=O)(O)OCCN)[C@H](O)CCCCCCCCCCCCCCCCC. The Kier molecular flexibility index (Phi) is 53.4. The lowest BCUT2D eigenvalue weighted by molar-refractivity contribution is -0.123. The van der Waals surface area contributed by atoms with Gasteiger partial charge in [0.1, 0.15) is 0 Å². The average molecular weight is 958 g/mol. The van der Waals surface area contributed by atoms with Crippen LogP contribution >= 0.6 is 7.82 Å². The van der Waals surface area contributed by atoms with Crippen molar-refractivity contribution >= 4 is 13.7 Å². The minimum atomic E-state index is -4.32. The molecule has 9 heteroatoms. The molecule has 0 aliphatic carbocycles. The summed E-state index contributed by atoms with van der Waals surface area (Å²) in [7, 11) is -4.32. The molecule has 8 nitrogen and oxygen atoms in total. The Balaban J connectivity index is 3.79. The van der Waals surface area contributed by atoms with Crippen molar-refractivity contribution in [1.82, 2.24) is 5.32 Å². The molecule has 0 saturated heterocycles. The van der Waals surface area contributed by atoms with Gasteiger partial charge in [0.05, 0.1) is 25.4 Å². The lowest BCUT2D eigenvalue weighted by atomic mass is 10.0. The summed E-state index contributed by atoms with van der Waals surface area (Å²) >= 11 is 0. The molecule has 66 heavy (non-hydrogen) atoms. The van der Waals surface area contributed by atoms with E-state index in [0.29, 0.717) is 12.8 Å². The van der Waals surface area contributed by atoms with Gasteiger partial charge in [0, 0.05) is 13.0 Å². The van der Waals surface area contributed by atoms with Crippen molar-refractivity contribution in [1.29, 1.82) is 0 Å². The molecule has 0 aromatic heterocycles. The molecule has 3 atom stereocenters. The zero-order valence-corrected chi connectivity index (χ0v) is 45.4. The number of phosphoric acid groups is 1. The second-order valence-corrected chi connectivity index (χ2v) is 22.0. The molecule has 0 heterocycles. The molecule has 0 fully saturated rings. The number of hydrogen-bond donors (Lipinski definition) is 4. The van der Waals surface area contributed by atoms with Crippen LogP contribution in [0, 0.1) is 0 Å². The molecule has 5 N–H and O–H groups in total. The highest BCUT2D eigenvalue weighted by Crippen LogP contribution is 2.43. The summed E-state index contributed by atoms with van der Waals surface area (Å²) in [6.07, 6.45) is 63.1. The third kappa shape index (κ3) is 51.4. The maximum atomic E-state index is 12.9. The highest BCUT2D eigenvalue weighted by atomic mass is 31.2. The molecule has 0 radical (unpaired) electrons. The maximum Gasteiger partial charge on any atom is 0.472 e. The van der Waals surface area contributed by atoms with Crippen LogP contribution in [0.3, 0.4) is 0 Å². The van der Waals surface area contributed by atoms with Crippen LogP contribution in [0.2, 0.25) is 0 Å². The van der Waals surface area contributed by atoms with Crippen molar-refractivity contribution in [3.8, 4) is 0 Å². The van der Waals surface area contributed by atoms with E-state index in [-0.39, 0.29) is 25.7 Å². The van der Waals surface area contributed by atoms with Gasteiger partial charge in [0.2, 0.25) is 5.91 Å². The third-order valence-electron chi connectivity index (χ3n) is 14.0. The van der Waals surface area contributed by atoms with Crippen LogP contribution in [0.1, 0.15) is 328 Å². The smallest absolute Gasteiger partial charge is 0.391 e. The first kappa shape index (κ1) is 65.5.